The van der Waals surface area contributed by atoms with E-state index in [4.69, 9.17) is 4.74 Å². The number of hydrogen-bond donors (Lipinski definition) is 0. The second-order valence-electron chi connectivity index (χ2n) is 4.41. The predicted molar refractivity (Wildman–Crippen MR) is 75.2 cm³/mol. The molecule has 1 aromatic carbocycles. The van der Waals surface area contributed by atoms with E-state index in [0.29, 0.717) is 0 Å². The standard InChI is InChI=1S/C16H22O2/c1-3-4-6-11-16(18-14(2)17)13-12-15-9-7-5-8-10-15/h5,7-10,12-13,16H,3-4,6,11H2,1-2H3/b13-12+. The Morgan fingerprint density at radius 1 is 1.28 bits per heavy atom. The Bertz CT molecular complexity index is 368. The van der Waals surface area contributed by atoms with Crippen molar-refractivity contribution < 1.29 is 9.53 Å². The van der Waals surface area contributed by atoms with E-state index < -0.39 is 0 Å². The van der Waals surface area contributed by atoms with Crippen LogP contribution in [0.3, 0.4) is 0 Å². The molecule has 1 rings (SSSR count). The van der Waals surface area contributed by atoms with Crippen molar-refractivity contribution in [2.75, 3.05) is 0 Å². The fourth-order valence-corrected chi connectivity index (χ4v) is 1.79. The lowest BCUT2D eigenvalue weighted by Crippen LogP contribution is -2.13. The summed E-state index contributed by atoms with van der Waals surface area (Å²) >= 11 is 0. The number of carbonyl (C=O) groups excluding carboxylic acids is 1. The van der Waals surface area contributed by atoms with Crippen molar-refractivity contribution in [3.63, 3.8) is 0 Å². The van der Waals surface area contributed by atoms with Crippen LogP contribution in [0.1, 0.15) is 45.1 Å². The van der Waals surface area contributed by atoms with Gasteiger partial charge in [-0.25, -0.2) is 0 Å². The Morgan fingerprint density at radius 3 is 2.61 bits per heavy atom. The molecule has 1 atom stereocenters. The maximum atomic E-state index is 11.0. The van der Waals surface area contributed by atoms with Gasteiger partial charge in [0.05, 0.1) is 0 Å². The van der Waals surface area contributed by atoms with Gasteiger partial charge in [-0.15, -0.1) is 0 Å². The number of hydrogen-bond acceptors (Lipinski definition) is 2. The average molecular weight is 246 g/mol. The first-order chi connectivity index (χ1) is 8.72. The van der Waals surface area contributed by atoms with Crippen LogP contribution in [0.4, 0.5) is 0 Å². The molecule has 0 bridgehead atoms. The fraction of sp³-hybridized carbons (Fsp3) is 0.438. The summed E-state index contributed by atoms with van der Waals surface area (Å²) in [6.07, 6.45) is 8.23. The van der Waals surface area contributed by atoms with E-state index in [0.717, 1.165) is 18.4 Å². The molecule has 0 N–H and O–H groups in total. The molecule has 0 spiro atoms. The average Bonchev–Trinajstić information content (AvgIpc) is 2.37. The summed E-state index contributed by atoms with van der Waals surface area (Å²) < 4.78 is 5.29. The largest absolute Gasteiger partial charge is 0.458 e. The number of esters is 1. The predicted octanol–water partition coefficient (Wildman–Crippen LogP) is 4.21. The molecule has 1 aromatic rings. The molecule has 98 valence electrons. The molecule has 0 fully saturated rings. The molecule has 0 heterocycles. The summed E-state index contributed by atoms with van der Waals surface area (Å²) in [5.74, 6) is -0.214. The Kier molecular flexibility index (Phi) is 6.85. The van der Waals surface area contributed by atoms with Gasteiger partial charge in [0.1, 0.15) is 6.10 Å². The van der Waals surface area contributed by atoms with Crippen LogP contribution >= 0.6 is 0 Å². The van der Waals surface area contributed by atoms with E-state index in [9.17, 15) is 4.79 Å². The van der Waals surface area contributed by atoms with Crippen molar-refractivity contribution in [2.24, 2.45) is 0 Å². The molecule has 0 saturated heterocycles. The highest BCUT2D eigenvalue weighted by Gasteiger charge is 2.07. The van der Waals surface area contributed by atoms with E-state index in [1.54, 1.807) is 0 Å². The molecule has 0 aliphatic heterocycles. The van der Waals surface area contributed by atoms with Crippen LogP contribution in [0.2, 0.25) is 0 Å². The summed E-state index contributed by atoms with van der Waals surface area (Å²) in [7, 11) is 0. The third-order valence-corrected chi connectivity index (χ3v) is 2.71. The van der Waals surface area contributed by atoms with Gasteiger partial charge in [-0.1, -0.05) is 56.2 Å². The van der Waals surface area contributed by atoms with Gasteiger partial charge < -0.3 is 4.74 Å². The van der Waals surface area contributed by atoms with Crippen molar-refractivity contribution >= 4 is 12.0 Å². The molecule has 0 radical (unpaired) electrons. The van der Waals surface area contributed by atoms with E-state index >= 15 is 0 Å². The molecule has 0 amide bonds. The van der Waals surface area contributed by atoms with Crippen molar-refractivity contribution in [3.8, 4) is 0 Å². The summed E-state index contributed by atoms with van der Waals surface area (Å²) in [6, 6.07) is 10.1. The van der Waals surface area contributed by atoms with Gasteiger partial charge in [0.25, 0.3) is 0 Å². The zero-order chi connectivity index (χ0) is 13.2. The third kappa shape index (κ3) is 6.24. The molecule has 0 saturated carbocycles. The van der Waals surface area contributed by atoms with Crippen molar-refractivity contribution in [1.29, 1.82) is 0 Å². The lowest BCUT2D eigenvalue weighted by molar-refractivity contribution is -0.144. The quantitative estimate of drug-likeness (QED) is 0.532. The van der Waals surface area contributed by atoms with Gasteiger partial charge >= 0.3 is 5.97 Å². The minimum atomic E-state index is -0.214. The highest BCUT2D eigenvalue weighted by Crippen LogP contribution is 2.11. The minimum Gasteiger partial charge on any atom is -0.458 e. The molecule has 0 aliphatic rings. The van der Waals surface area contributed by atoms with Gasteiger partial charge in [0, 0.05) is 6.92 Å². The van der Waals surface area contributed by atoms with E-state index in [2.05, 4.69) is 6.92 Å². The first kappa shape index (κ1) is 14.5. The van der Waals surface area contributed by atoms with Crippen molar-refractivity contribution in [1.82, 2.24) is 0 Å². The highest BCUT2D eigenvalue weighted by atomic mass is 16.5. The normalized spacial score (nSPS) is 12.6. The second kappa shape index (κ2) is 8.51. The van der Waals surface area contributed by atoms with E-state index in [1.165, 1.54) is 19.8 Å². The van der Waals surface area contributed by atoms with Gasteiger partial charge in [0.2, 0.25) is 0 Å². The third-order valence-electron chi connectivity index (χ3n) is 2.71. The number of rotatable bonds is 7. The molecule has 18 heavy (non-hydrogen) atoms. The van der Waals surface area contributed by atoms with Crippen LogP contribution in [0, 0.1) is 0 Å². The maximum Gasteiger partial charge on any atom is 0.303 e. The van der Waals surface area contributed by atoms with Gasteiger partial charge in [-0.05, 0) is 24.5 Å². The van der Waals surface area contributed by atoms with Crippen LogP contribution in [0.25, 0.3) is 6.08 Å². The smallest absolute Gasteiger partial charge is 0.303 e. The Hall–Kier alpha value is -1.57. The van der Waals surface area contributed by atoms with E-state index in [-0.39, 0.29) is 12.1 Å². The van der Waals surface area contributed by atoms with Gasteiger partial charge in [0.15, 0.2) is 0 Å². The minimum absolute atomic E-state index is 0.103. The SMILES string of the molecule is CCCCCC(/C=C/c1ccccc1)OC(C)=O. The second-order valence-corrected chi connectivity index (χ2v) is 4.41. The van der Waals surface area contributed by atoms with Crippen molar-refractivity contribution in [2.45, 2.75) is 45.6 Å². The number of unbranched alkanes of at least 4 members (excludes halogenated alkanes) is 2. The zero-order valence-corrected chi connectivity index (χ0v) is 11.3. The zero-order valence-electron chi connectivity index (χ0n) is 11.3. The summed E-state index contributed by atoms with van der Waals surface area (Å²) in [5, 5.41) is 0. The monoisotopic (exact) mass is 246 g/mol. The lowest BCUT2D eigenvalue weighted by Gasteiger charge is -2.12. The molecular formula is C16H22O2. The molecule has 0 aliphatic carbocycles. The fourth-order valence-electron chi connectivity index (χ4n) is 1.79. The van der Waals surface area contributed by atoms with Crippen LogP contribution in [-0.2, 0) is 9.53 Å². The summed E-state index contributed by atoms with van der Waals surface area (Å²) in [6.45, 7) is 3.63. The van der Waals surface area contributed by atoms with E-state index in [1.807, 2.05) is 42.5 Å². The number of benzene rings is 1. The summed E-state index contributed by atoms with van der Waals surface area (Å²) in [4.78, 5) is 11.0. The number of ether oxygens (including phenoxy) is 1. The molecule has 2 heteroatoms. The first-order valence-corrected chi connectivity index (χ1v) is 6.63. The highest BCUT2D eigenvalue weighted by molar-refractivity contribution is 5.66. The summed E-state index contributed by atoms with van der Waals surface area (Å²) in [5.41, 5.74) is 1.13. The van der Waals surface area contributed by atoms with Crippen LogP contribution in [0.15, 0.2) is 36.4 Å². The first-order valence-electron chi connectivity index (χ1n) is 6.63. The van der Waals surface area contributed by atoms with Crippen LogP contribution in [-0.4, -0.2) is 12.1 Å². The molecular weight excluding hydrogens is 224 g/mol. The number of carbonyl (C=O) groups is 1. The van der Waals surface area contributed by atoms with Crippen LogP contribution < -0.4 is 0 Å². The van der Waals surface area contributed by atoms with Gasteiger partial charge in [-0.3, -0.25) is 4.79 Å². The molecule has 1 unspecified atom stereocenters. The Morgan fingerprint density at radius 2 is 2.00 bits per heavy atom. The van der Waals surface area contributed by atoms with Crippen LogP contribution in [0.5, 0.6) is 0 Å². The Balaban J connectivity index is 2.54. The van der Waals surface area contributed by atoms with Crippen molar-refractivity contribution in [3.05, 3.63) is 42.0 Å². The molecule has 0 aromatic heterocycles. The topological polar surface area (TPSA) is 26.3 Å². The Labute approximate surface area is 110 Å². The molecule has 2 nitrogen and oxygen atoms in total. The van der Waals surface area contributed by atoms with Gasteiger partial charge in [-0.2, -0.15) is 0 Å². The maximum absolute atomic E-state index is 11.0. The lowest BCUT2D eigenvalue weighted by atomic mass is 10.1.